The van der Waals surface area contributed by atoms with E-state index in [4.69, 9.17) is 9.84 Å². The fourth-order valence-corrected chi connectivity index (χ4v) is 6.37. The number of thiophene rings is 2. The van der Waals surface area contributed by atoms with Crippen molar-refractivity contribution in [2.45, 2.75) is 19.4 Å². The van der Waals surface area contributed by atoms with E-state index in [9.17, 15) is 14.0 Å². The first-order valence-corrected chi connectivity index (χ1v) is 13.0. The van der Waals surface area contributed by atoms with Gasteiger partial charge in [0.1, 0.15) is 17.7 Å². The number of carboxylic acids is 1. The lowest BCUT2D eigenvalue weighted by molar-refractivity contribution is -0.136. The summed E-state index contributed by atoms with van der Waals surface area (Å²) in [6.07, 6.45) is 0.361. The molecule has 0 fully saturated rings. The molecule has 3 heterocycles. The number of carbonyl (C=O) groups excluding carboxylic acids is 1. The molecule has 2 aromatic carbocycles. The number of nitrogens with zero attached hydrogens (tertiary/aromatic N) is 2. The number of carbonyl (C=O) groups is 2. The number of amides is 1. The quantitative estimate of drug-likeness (QED) is 0.232. The first-order chi connectivity index (χ1) is 17.8. The van der Waals surface area contributed by atoms with Crippen LogP contribution in [0.5, 0.6) is 0 Å². The summed E-state index contributed by atoms with van der Waals surface area (Å²) < 4.78 is 23.5. The van der Waals surface area contributed by atoms with Gasteiger partial charge >= 0.3 is 12.1 Å². The van der Waals surface area contributed by atoms with Crippen LogP contribution < -0.4 is 5.32 Å². The molecule has 7 nitrogen and oxygen atoms in total. The van der Waals surface area contributed by atoms with E-state index in [0.29, 0.717) is 11.4 Å². The number of anilines is 1. The monoisotopic (exact) mass is 535 g/mol. The number of benzene rings is 2. The maximum Gasteiger partial charge on any atom is 0.413 e. The zero-order valence-corrected chi connectivity index (χ0v) is 21.5. The van der Waals surface area contributed by atoms with Gasteiger partial charge in [-0.3, -0.25) is 14.8 Å². The largest absolute Gasteiger partial charge is 0.481 e. The van der Waals surface area contributed by atoms with Crippen LogP contribution in [0, 0.1) is 5.82 Å². The summed E-state index contributed by atoms with van der Waals surface area (Å²) in [6.45, 7) is 1.82. The van der Waals surface area contributed by atoms with Crippen LogP contribution in [0.4, 0.5) is 15.0 Å². The molecule has 5 rings (SSSR count). The number of aromatic nitrogens is 2. The highest BCUT2D eigenvalue weighted by atomic mass is 32.1. The van der Waals surface area contributed by atoms with Crippen LogP contribution in [0.15, 0.2) is 66.9 Å². The number of ether oxygens (including phenoxy) is 1. The lowest BCUT2D eigenvalue weighted by Crippen LogP contribution is -2.18. The molecule has 0 bridgehead atoms. The van der Waals surface area contributed by atoms with Gasteiger partial charge in [-0.2, -0.15) is 5.10 Å². The number of halogens is 1. The summed E-state index contributed by atoms with van der Waals surface area (Å²) in [5.41, 5.74) is 2.52. The predicted octanol–water partition coefficient (Wildman–Crippen LogP) is 7.11. The highest BCUT2D eigenvalue weighted by Crippen LogP contribution is 2.43. The van der Waals surface area contributed by atoms with E-state index in [1.807, 2.05) is 49.4 Å². The molecule has 0 aliphatic carbocycles. The Morgan fingerprint density at radius 1 is 1.08 bits per heavy atom. The Labute approximate surface area is 219 Å². The van der Waals surface area contributed by atoms with Gasteiger partial charge in [0.15, 0.2) is 0 Å². The van der Waals surface area contributed by atoms with Crippen molar-refractivity contribution in [1.82, 2.24) is 9.78 Å². The zero-order chi connectivity index (χ0) is 26.1. The summed E-state index contributed by atoms with van der Waals surface area (Å²) in [7, 11) is 1.75. The van der Waals surface area contributed by atoms with Crippen molar-refractivity contribution in [3.8, 4) is 20.9 Å². The third-order valence-electron chi connectivity index (χ3n) is 5.86. The number of carboxylic acid groups (broad SMARTS) is 1. The van der Waals surface area contributed by atoms with Crippen molar-refractivity contribution in [1.29, 1.82) is 0 Å². The minimum atomic E-state index is -1.07. The number of rotatable bonds is 7. The van der Waals surface area contributed by atoms with E-state index in [-0.39, 0.29) is 12.0 Å². The third kappa shape index (κ3) is 5.25. The van der Waals surface area contributed by atoms with Crippen molar-refractivity contribution < 1.29 is 23.8 Å². The van der Waals surface area contributed by atoms with Crippen molar-refractivity contribution >= 4 is 50.0 Å². The first-order valence-electron chi connectivity index (χ1n) is 11.4. The van der Waals surface area contributed by atoms with Crippen LogP contribution >= 0.6 is 22.7 Å². The van der Waals surface area contributed by atoms with Crippen LogP contribution in [-0.2, 0) is 23.0 Å². The van der Waals surface area contributed by atoms with Crippen LogP contribution in [-0.4, -0.2) is 26.9 Å². The summed E-state index contributed by atoms with van der Waals surface area (Å²) in [6, 6.07) is 18.1. The lowest BCUT2D eigenvalue weighted by atomic mass is 10.1. The van der Waals surface area contributed by atoms with Crippen molar-refractivity contribution in [3.05, 3.63) is 83.8 Å². The standard InChI is InChI=1S/C27H22FN3O4S2/c1-15(16-6-4-3-5-7-16)35-27(34)30-26-19(14-29-31(26)2)22-13-24-23(37-22)12-21(36-24)18-9-8-17(11-25(32)33)20(28)10-18/h3-10,12-15H,11H2,1-2H3,(H,30,34)(H,32,33). The SMILES string of the molecule is CC(OC(=O)Nc1c(-c2cc3sc(-c4ccc(CC(=O)O)c(F)c4)cc3s2)cnn1C)c1ccccc1. The Bertz CT molecular complexity index is 1580. The van der Waals surface area contributed by atoms with E-state index in [2.05, 4.69) is 10.4 Å². The Morgan fingerprint density at radius 2 is 1.78 bits per heavy atom. The fourth-order valence-electron chi connectivity index (χ4n) is 3.96. The summed E-state index contributed by atoms with van der Waals surface area (Å²) in [4.78, 5) is 25.3. The van der Waals surface area contributed by atoms with Gasteiger partial charge in [-0.05, 0) is 41.8 Å². The second-order valence-corrected chi connectivity index (χ2v) is 10.6. The summed E-state index contributed by atoms with van der Waals surface area (Å²) in [5, 5.41) is 16.1. The van der Waals surface area contributed by atoms with Gasteiger partial charge in [0.25, 0.3) is 0 Å². The van der Waals surface area contributed by atoms with Gasteiger partial charge in [0.05, 0.1) is 18.2 Å². The minimum absolute atomic E-state index is 0.158. The summed E-state index contributed by atoms with van der Waals surface area (Å²) >= 11 is 3.06. The van der Waals surface area contributed by atoms with E-state index >= 15 is 0 Å². The molecule has 3 aromatic heterocycles. The van der Waals surface area contributed by atoms with Gasteiger partial charge in [-0.25, -0.2) is 9.18 Å². The molecule has 0 saturated heterocycles. The normalized spacial score (nSPS) is 12.0. The van der Waals surface area contributed by atoms with Crippen LogP contribution in [0.25, 0.3) is 30.3 Å². The highest BCUT2D eigenvalue weighted by Gasteiger charge is 2.19. The molecule has 2 N–H and O–H groups in total. The number of aryl methyl sites for hydroxylation is 1. The van der Waals surface area contributed by atoms with Gasteiger partial charge < -0.3 is 9.84 Å². The minimum Gasteiger partial charge on any atom is -0.481 e. The number of hydrogen-bond donors (Lipinski definition) is 2. The van der Waals surface area contributed by atoms with Gasteiger partial charge in [0, 0.05) is 26.2 Å². The lowest BCUT2D eigenvalue weighted by Gasteiger charge is -2.14. The van der Waals surface area contributed by atoms with E-state index in [1.54, 1.807) is 35.3 Å². The molecule has 5 aromatic rings. The molecule has 0 saturated carbocycles. The first kappa shape index (κ1) is 24.7. The number of aliphatic carboxylic acids is 1. The van der Waals surface area contributed by atoms with Crippen molar-refractivity contribution in [2.75, 3.05) is 5.32 Å². The van der Waals surface area contributed by atoms with E-state index in [1.165, 1.54) is 23.5 Å². The fraction of sp³-hybridized carbons (Fsp3) is 0.148. The maximum absolute atomic E-state index is 14.4. The number of hydrogen-bond acceptors (Lipinski definition) is 6. The maximum atomic E-state index is 14.4. The molecule has 0 aliphatic rings. The average Bonchev–Trinajstić information content (AvgIpc) is 3.54. The van der Waals surface area contributed by atoms with Crippen LogP contribution in [0.1, 0.15) is 24.2 Å². The van der Waals surface area contributed by atoms with Crippen LogP contribution in [0.2, 0.25) is 0 Å². The molecular formula is C27H22FN3O4S2. The second-order valence-electron chi connectivity index (χ2n) is 8.44. The second kappa shape index (κ2) is 10.2. The molecule has 1 atom stereocenters. The Morgan fingerprint density at radius 3 is 2.49 bits per heavy atom. The molecule has 0 aliphatic heterocycles. The van der Waals surface area contributed by atoms with Gasteiger partial charge in [-0.1, -0.05) is 42.5 Å². The molecular weight excluding hydrogens is 513 g/mol. The van der Waals surface area contributed by atoms with Gasteiger partial charge in [-0.15, -0.1) is 22.7 Å². The highest BCUT2D eigenvalue weighted by molar-refractivity contribution is 7.31. The van der Waals surface area contributed by atoms with Crippen LogP contribution in [0.3, 0.4) is 0 Å². The molecule has 1 unspecified atom stereocenters. The molecule has 188 valence electrons. The third-order valence-corrected chi connectivity index (χ3v) is 8.24. The number of nitrogens with one attached hydrogen (secondary N) is 1. The predicted molar refractivity (Wildman–Crippen MR) is 144 cm³/mol. The molecule has 10 heteroatoms. The molecule has 37 heavy (non-hydrogen) atoms. The topological polar surface area (TPSA) is 93.4 Å². The molecule has 1 amide bonds. The Balaban J connectivity index is 1.35. The van der Waals surface area contributed by atoms with E-state index < -0.39 is 24.0 Å². The van der Waals surface area contributed by atoms with E-state index in [0.717, 1.165) is 30.3 Å². The molecule has 0 radical (unpaired) electrons. The summed E-state index contributed by atoms with van der Waals surface area (Å²) in [5.74, 6) is -1.08. The smallest absolute Gasteiger partial charge is 0.413 e. The van der Waals surface area contributed by atoms with Crippen molar-refractivity contribution in [3.63, 3.8) is 0 Å². The van der Waals surface area contributed by atoms with Crippen molar-refractivity contribution in [2.24, 2.45) is 7.05 Å². The zero-order valence-electron chi connectivity index (χ0n) is 19.9. The Hall–Kier alpha value is -4.02. The average molecular weight is 536 g/mol. The van der Waals surface area contributed by atoms with Gasteiger partial charge in [0.2, 0.25) is 0 Å². The number of fused-ring (bicyclic) bond motifs is 1. The Kier molecular flexibility index (Phi) is 6.77. The molecule has 0 spiro atoms.